The Hall–Kier alpha value is -0.570. The van der Waals surface area contributed by atoms with Gasteiger partial charge in [-0.15, -0.1) is 0 Å². The maximum atomic E-state index is 11.9. The Bertz CT molecular complexity index is 218. The van der Waals surface area contributed by atoms with Crippen LogP contribution in [0.3, 0.4) is 0 Å². The Labute approximate surface area is 93.0 Å². The molecular formula is C12H24N2O. The van der Waals surface area contributed by atoms with Gasteiger partial charge in [-0.3, -0.25) is 4.79 Å². The SMILES string of the molecule is CCCC1(N)CN(C(=O)C(CC)CC)C1. The Morgan fingerprint density at radius 2 is 1.87 bits per heavy atom. The molecule has 0 aromatic rings. The number of nitrogens with two attached hydrogens (primary N) is 1. The molecule has 88 valence electrons. The fraction of sp³-hybridized carbons (Fsp3) is 0.917. The number of rotatable bonds is 5. The van der Waals surface area contributed by atoms with E-state index >= 15 is 0 Å². The second kappa shape index (κ2) is 4.97. The largest absolute Gasteiger partial charge is 0.339 e. The molecular weight excluding hydrogens is 188 g/mol. The van der Waals surface area contributed by atoms with Gasteiger partial charge in [-0.2, -0.15) is 0 Å². The van der Waals surface area contributed by atoms with Gasteiger partial charge in [0.15, 0.2) is 0 Å². The van der Waals surface area contributed by atoms with Gasteiger partial charge >= 0.3 is 0 Å². The molecule has 15 heavy (non-hydrogen) atoms. The molecule has 1 aliphatic heterocycles. The van der Waals surface area contributed by atoms with Gasteiger partial charge in [0.1, 0.15) is 0 Å². The van der Waals surface area contributed by atoms with Crippen molar-refractivity contribution in [2.24, 2.45) is 11.7 Å². The Kier molecular flexibility index (Phi) is 4.14. The Morgan fingerprint density at radius 3 is 2.27 bits per heavy atom. The van der Waals surface area contributed by atoms with Crippen molar-refractivity contribution in [2.45, 2.75) is 52.0 Å². The highest BCUT2D eigenvalue weighted by molar-refractivity contribution is 5.80. The van der Waals surface area contributed by atoms with Crippen LogP contribution in [0.1, 0.15) is 46.5 Å². The lowest BCUT2D eigenvalue weighted by molar-refractivity contribution is -0.143. The van der Waals surface area contributed by atoms with E-state index in [1.807, 2.05) is 4.90 Å². The fourth-order valence-electron chi connectivity index (χ4n) is 2.42. The van der Waals surface area contributed by atoms with Crippen molar-refractivity contribution in [3.63, 3.8) is 0 Å². The van der Waals surface area contributed by atoms with E-state index in [1.165, 1.54) is 0 Å². The lowest BCUT2D eigenvalue weighted by Crippen LogP contribution is -2.69. The first-order valence-corrected chi connectivity index (χ1v) is 6.14. The number of hydrogen-bond acceptors (Lipinski definition) is 2. The maximum absolute atomic E-state index is 11.9. The van der Waals surface area contributed by atoms with Crippen LogP contribution in [0.15, 0.2) is 0 Å². The van der Waals surface area contributed by atoms with Crippen LogP contribution >= 0.6 is 0 Å². The first kappa shape index (κ1) is 12.5. The molecule has 0 unspecified atom stereocenters. The highest BCUT2D eigenvalue weighted by Gasteiger charge is 2.42. The highest BCUT2D eigenvalue weighted by atomic mass is 16.2. The Morgan fingerprint density at radius 1 is 1.33 bits per heavy atom. The number of nitrogens with zero attached hydrogens (tertiary/aromatic N) is 1. The van der Waals surface area contributed by atoms with Crippen molar-refractivity contribution in [3.05, 3.63) is 0 Å². The maximum Gasteiger partial charge on any atom is 0.225 e. The summed E-state index contributed by atoms with van der Waals surface area (Å²) in [6.07, 6.45) is 4.01. The van der Waals surface area contributed by atoms with Crippen molar-refractivity contribution in [3.8, 4) is 0 Å². The first-order valence-electron chi connectivity index (χ1n) is 6.14. The van der Waals surface area contributed by atoms with E-state index < -0.39 is 0 Å². The van der Waals surface area contributed by atoms with Crippen LogP contribution in [0.4, 0.5) is 0 Å². The number of carbonyl (C=O) groups excluding carboxylic acids is 1. The van der Waals surface area contributed by atoms with Crippen LogP contribution in [0.25, 0.3) is 0 Å². The molecule has 0 aliphatic carbocycles. The average molecular weight is 212 g/mol. The van der Waals surface area contributed by atoms with Crippen molar-refractivity contribution in [1.82, 2.24) is 4.90 Å². The summed E-state index contributed by atoms with van der Waals surface area (Å²) in [5.74, 6) is 0.508. The summed E-state index contributed by atoms with van der Waals surface area (Å²) in [4.78, 5) is 13.9. The van der Waals surface area contributed by atoms with Crippen molar-refractivity contribution in [1.29, 1.82) is 0 Å². The summed E-state index contributed by atoms with van der Waals surface area (Å²) in [5.41, 5.74) is 6.04. The van der Waals surface area contributed by atoms with Gasteiger partial charge in [-0.1, -0.05) is 27.2 Å². The smallest absolute Gasteiger partial charge is 0.225 e. The van der Waals surface area contributed by atoms with E-state index in [0.29, 0.717) is 5.91 Å². The molecule has 0 saturated carbocycles. The highest BCUT2D eigenvalue weighted by Crippen LogP contribution is 2.26. The van der Waals surface area contributed by atoms with Gasteiger partial charge in [0.25, 0.3) is 0 Å². The normalized spacial score (nSPS) is 19.1. The number of carbonyl (C=O) groups is 1. The summed E-state index contributed by atoms with van der Waals surface area (Å²) in [6.45, 7) is 7.81. The quantitative estimate of drug-likeness (QED) is 0.755. The summed E-state index contributed by atoms with van der Waals surface area (Å²) in [7, 11) is 0. The van der Waals surface area contributed by atoms with E-state index in [1.54, 1.807) is 0 Å². The van der Waals surface area contributed by atoms with Crippen LogP contribution in [0.2, 0.25) is 0 Å². The lowest BCUT2D eigenvalue weighted by Gasteiger charge is -2.48. The molecule has 0 atom stereocenters. The van der Waals surface area contributed by atoms with E-state index in [4.69, 9.17) is 5.73 Å². The molecule has 0 spiro atoms. The average Bonchev–Trinajstić information content (AvgIpc) is 2.16. The van der Waals surface area contributed by atoms with Crippen LogP contribution < -0.4 is 5.73 Å². The van der Waals surface area contributed by atoms with Crippen LogP contribution in [-0.2, 0) is 4.79 Å². The van der Waals surface area contributed by atoms with Gasteiger partial charge in [-0.05, 0) is 19.3 Å². The molecule has 1 heterocycles. The van der Waals surface area contributed by atoms with Crippen molar-refractivity contribution >= 4 is 5.91 Å². The Balaban J connectivity index is 2.40. The zero-order valence-corrected chi connectivity index (χ0v) is 10.3. The van der Waals surface area contributed by atoms with Gasteiger partial charge in [0, 0.05) is 19.0 Å². The number of likely N-dealkylation sites (tertiary alicyclic amines) is 1. The molecule has 2 N–H and O–H groups in total. The van der Waals surface area contributed by atoms with Crippen molar-refractivity contribution in [2.75, 3.05) is 13.1 Å². The van der Waals surface area contributed by atoms with Crippen LogP contribution in [0, 0.1) is 5.92 Å². The minimum atomic E-state index is -0.0869. The summed E-state index contributed by atoms with van der Waals surface area (Å²) in [6, 6.07) is 0. The second-order valence-electron chi connectivity index (χ2n) is 4.82. The summed E-state index contributed by atoms with van der Waals surface area (Å²) in [5, 5.41) is 0. The minimum absolute atomic E-state index is 0.0869. The standard InChI is InChI=1S/C12H24N2O/c1-4-7-12(13)8-14(9-12)11(15)10(5-2)6-3/h10H,4-9,13H2,1-3H3. The second-order valence-corrected chi connectivity index (χ2v) is 4.82. The molecule has 1 amide bonds. The molecule has 0 radical (unpaired) electrons. The van der Waals surface area contributed by atoms with Gasteiger partial charge in [0.2, 0.25) is 5.91 Å². The predicted octanol–water partition coefficient (Wildman–Crippen LogP) is 1.76. The van der Waals surface area contributed by atoms with E-state index in [0.717, 1.165) is 38.8 Å². The lowest BCUT2D eigenvalue weighted by atomic mass is 9.85. The van der Waals surface area contributed by atoms with Gasteiger partial charge < -0.3 is 10.6 Å². The molecule has 1 fully saturated rings. The van der Waals surface area contributed by atoms with E-state index in [-0.39, 0.29) is 11.5 Å². The number of amides is 1. The summed E-state index contributed by atoms with van der Waals surface area (Å²) >= 11 is 0. The van der Waals surface area contributed by atoms with Gasteiger partial charge in [0.05, 0.1) is 5.54 Å². The zero-order valence-electron chi connectivity index (χ0n) is 10.3. The molecule has 0 aromatic carbocycles. The third-order valence-electron chi connectivity index (χ3n) is 3.41. The molecule has 3 heteroatoms. The molecule has 1 rings (SSSR count). The monoisotopic (exact) mass is 212 g/mol. The first-order chi connectivity index (χ1) is 7.06. The molecule has 3 nitrogen and oxygen atoms in total. The van der Waals surface area contributed by atoms with Crippen LogP contribution in [0.5, 0.6) is 0 Å². The predicted molar refractivity (Wildman–Crippen MR) is 62.5 cm³/mol. The third kappa shape index (κ3) is 2.71. The molecule has 0 aromatic heterocycles. The van der Waals surface area contributed by atoms with E-state index in [9.17, 15) is 4.79 Å². The number of hydrogen-bond donors (Lipinski definition) is 1. The molecule has 1 aliphatic rings. The summed E-state index contributed by atoms with van der Waals surface area (Å²) < 4.78 is 0. The minimum Gasteiger partial charge on any atom is -0.339 e. The third-order valence-corrected chi connectivity index (χ3v) is 3.41. The molecule has 1 saturated heterocycles. The topological polar surface area (TPSA) is 46.3 Å². The zero-order chi connectivity index (χ0) is 11.5. The fourth-order valence-corrected chi connectivity index (χ4v) is 2.42. The molecule has 0 bridgehead atoms. The van der Waals surface area contributed by atoms with Gasteiger partial charge in [-0.25, -0.2) is 0 Å². The van der Waals surface area contributed by atoms with E-state index in [2.05, 4.69) is 20.8 Å². The van der Waals surface area contributed by atoms with Crippen molar-refractivity contribution < 1.29 is 4.79 Å². The van der Waals surface area contributed by atoms with Crippen LogP contribution in [-0.4, -0.2) is 29.4 Å².